The molecule has 1 aromatic heterocycles. The molecular weight excluding hydrogens is 436 g/mol. The summed E-state index contributed by atoms with van der Waals surface area (Å²) in [4.78, 5) is 4.87. The van der Waals surface area contributed by atoms with Gasteiger partial charge in [0.25, 0.3) is 0 Å². The molecule has 7 heteroatoms. The third-order valence-corrected chi connectivity index (χ3v) is 6.07. The molecule has 0 spiro atoms. The Labute approximate surface area is 178 Å². The van der Waals surface area contributed by atoms with Crippen molar-refractivity contribution in [1.29, 1.82) is 0 Å². The fourth-order valence-electron chi connectivity index (χ4n) is 3.47. The van der Waals surface area contributed by atoms with Crippen molar-refractivity contribution in [2.45, 2.75) is 6.67 Å². The lowest BCUT2D eigenvalue weighted by Gasteiger charge is -2.36. The van der Waals surface area contributed by atoms with Crippen LogP contribution in [0.25, 0.3) is 5.69 Å². The first-order valence-electron chi connectivity index (χ1n) is 9.29. The summed E-state index contributed by atoms with van der Waals surface area (Å²) in [5.74, 6) is 0.895. The van der Waals surface area contributed by atoms with Crippen molar-refractivity contribution in [2.75, 3.05) is 38.2 Å². The number of ether oxygens (including phenoxy) is 1. The third-order valence-electron chi connectivity index (χ3n) is 5.11. The van der Waals surface area contributed by atoms with Gasteiger partial charge < -0.3 is 14.2 Å². The van der Waals surface area contributed by atoms with Crippen molar-refractivity contribution in [3.63, 3.8) is 0 Å². The van der Waals surface area contributed by atoms with E-state index in [1.165, 1.54) is 5.69 Å². The average molecular weight is 459 g/mol. The number of anilines is 1. The van der Waals surface area contributed by atoms with Gasteiger partial charge in [-0.1, -0.05) is 15.9 Å². The van der Waals surface area contributed by atoms with E-state index in [4.69, 9.17) is 17.0 Å². The molecular formula is C21H23BrN4OS. The zero-order valence-electron chi connectivity index (χ0n) is 15.8. The van der Waals surface area contributed by atoms with Gasteiger partial charge in [0.05, 0.1) is 13.8 Å². The molecule has 28 heavy (non-hydrogen) atoms. The van der Waals surface area contributed by atoms with E-state index in [2.05, 4.69) is 65.3 Å². The van der Waals surface area contributed by atoms with E-state index < -0.39 is 0 Å². The molecule has 4 rings (SSSR count). The molecule has 1 fully saturated rings. The van der Waals surface area contributed by atoms with Gasteiger partial charge in [-0.15, -0.1) is 0 Å². The van der Waals surface area contributed by atoms with E-state index in [1.54, 1.807) is 7.11 Å². The maximum atomic E-state index is 5.70. The number of halogens is 1. The molecule has 0 unspecified atom stereocenters. The Balaban J connectivity index is 1.38. The molecule has 0 radical (unpaired) electrons. The molecule has 2 heterocycles. The minimum Gasteiger partial charge on any atom is -0.497 e. The topological polar surface area (TPSA) is 25.6 Å². The predicted octanol–water partition coefficient (Wildman–Crippen LogP) is 4.56. The number of benzene rings is 2. The lowest BCUT2D eigenvalue weighted by atomic mass is 10.2. The number of hydrogen-bond donors (Lipinski definition) is 0. The lowest BCUT2D eigenvalue weighted by Crippen LogP contribution is -2.46. The molecule has 1 aliphatic heterocycles. The van der Waals surface area contributed by atoms with E-state index in [-0.39, 0.29) is 0 Å². The van der Waals surface area contributed by atoms with Crippen molar-refractivity contribution in [3.05, 3.63) is 70.2 Å². The van der Waals surface area contributed by atoms with E-state index >= 15 is 0 Å². The van der Waals surface area contributed by atoms with Crippen LogP contribution in [0.4, 0.5) is 5.69 Å². The third kappa shape index (κ3) is 4.16. The maximum Gasteiger partial charge on any atom is 0.185 e. The molecule has 1 saturated heterocycles. The first-order valence-corrected chi connectivity index (χ1v) is 10.5. The number of methoxy groups -OCH3 is 1. The Kier molecular flexibility index (Phi) is 5.85. The Morgan fingerprint density at radius 2 is 1.54 bits per heavy atom. The zero-order chi connectivity index (χ0) is 19.5. The quantitative estimate of drug-likeness (QED) is 0.523. The highest BCUT2D eigenvalue weighted by Gasteiger charge is 2.18. The lowest BCUT2D eigenvalue weighted by molar-refractivity contribution is 0.204. The minimum atomic E-state index is 0.818. The van der Waals surface area contributed by atoms with Crippen LogP contribution < -0.4 is 9.64 Å². The number of rotatable bonds is 5. The van der Waals surface area contributed by atoms with Crippen LogP contribution in [0.15, 0.2) is 65.4 Å². The van der Waals surface area contributed by atoms with Gasteiger partial charge in [-0.2, -0.15) is 0 Å². The normalized spacial score (nSPS) is 15.0. The Hall–Kier alpha value is -2.09. The summed E-state index contributed by atoms with van der Waals surface area (Å²) >= 11 is 9.18. The zero-order valence-corrected chi connectivity index (χ0v) is 18.2. The summed E-state index contributed by atoms with van der Waals surface area (Å²) in [6, 6.07) is 16.5. The highest BCUT2D eigenvalue weighted by atomic mass is 79.9. The van der Waals surface area contributed by atoms with Gasteiger partial charge in [-0.3, -0.25) is 9.47 Å². The second-order valence-electron chi connectivity index (χ2n) is 6.84. The van der Waals surface area contributed by atoms with Crippen molar-refractivity contribution in [3.8, 4) is 11.4 Å². The van der Waals surface area contributed by atoms with Gasteiger partial charge in [0.15, 0.2) is 4.77 Å². The van der Waals surface area contributed by atoms with Crippen molar-refractivity contribution in [2.24, 2.45) is 0 Å². The van der Waals surface area contributed by atoms with Crippen LogP contribution in [0.2, 0.25) is 0 Å². The van der Waals surface area contributed by atoms with Crippen LogP contribution in [0.1, 0.15) is 0 Å². The Morgan fingerprint density at radius 1 is 0.893 bits per heavy atom. The van der Waals surface area contributed by atoms with Crippen LogP contribution >= 0.6 is 28.1 Å². The van der Waals surface area contributed by atoms with Crippen LogP contribution in [0.3, 0.4) is 0 Å². The van der Waals surface area contributed by atoms with Gasteiger partial charge in [0, 0.05) is 54.4 Å². The average Bonchev–Trinajstić information content (AvgIpc) is 3.09. The Bertz CT molecular complexity index is 973. The fourth-order valence-corrected chi connectivity index (χ4v) is 4.02. The van der Waals surface area contributed by atoms with E-state index in [0.717, 1.165) is 53.5 Å². The summed E-state index contributed by atoms with van der Waals surface area (Å²) < 4.78 is 11.3. The summed E-state index contributed by atoms with van der Waals surface area (Å²) in [6.45, 7) is 4.85. The number of nitrogens with zero attached hydrogens (tertiary/aromatic N) is 4. The smallest absolute Gasteiger partial charge is 0.185 e. The molecule has 2 aromatic carbocycles. The molecule has 146 valence electrons. The first-order chi connectivity index (χ1) is 13.6. The van der Waals surface area contributed by atoms with Crippen molar-refractivity contribution >= 4 is 33.8 Å². The first kappa shape index (κ1) is 19.2. The molecule has 5 nitrogen and oxygen atoms in total. The van der Waals surface area contributed by atoms with Gasteiger partial charge in [-0.05, 0) is 60.7 Å². The standard InChI is InChI=1S/C21H23BrN4OS/c1-27-20-8-6-18(7-9-20)24-12-10-23(11-13-24)16-25-14-15-26(21(25)28)19-4-2-17(22)3-5-19/h2-9,14-15H,10-13,16H2,1H3. The Morgan fingerprint density at radius 3 is 2.18 bits per heavy atom. The summed E-state index contributed by atoms with van der Waals surface area (Å²) in [5, 5.41) is 0. The van der Waals surface area contributed by atoms with Crippen molar-refractivity contribution in [1.82, 2.24) is 14.0 Å². The summed E-state index contributed by atoms with van der Waals surface area (Å²) in [6.07, 6.45) is 4.11. The highest BCUT2D eigenvalue weighted by molar-refractivity contribution is 9.10. The number of piperazine rings is 1. The van der Waals surface area contributed by atoms with E-state index in [0.29, 0.717) is 0 Å². The van der Waals surface area contributed by atoms with Gasteiger partial charge in [0.1, 0.15) is 5.75 Å². The number of hydrogen-bond acceptors (Lipinski definition) is 4. The molecule has 0 atom stereocenters. The van der Waals surface area contributed by atoms with Gasteiger partial charge >= 0.3 is 0 Å². The largest absolute Gasteiger partial charge is 0.497 e. The second kappa shape index (κ2) is 8.51. The van der Waals surface area contributed by atoms with E-state index in [1.807, 2.05) is 30.5 Å². The van der Waals surface area contributed by atoms with Crippen molar-refractivity contribution < 1.29 is 4.74 Å². The summed E-state index contributed by atoms with van der Waals surface area (Å²) in [5.41, 5.74) is 2.33. The van der Waals surface area contributed by atoms with Gasteiger partial charge in [-0.25, -0.2) is 0 Å². The number of aromatic nitrogens is 2. The molecule has 0 aliphatic carbocycles. The molecule has 0 bridgehead atoms. The molecule has 1 aliphatic rings. The number of imidazole rings is 1. The summed E-state index contributed by atoms with van der Waals surface area (Å²) in [7, 11) is 1.70. The van der Waals surface area contributed by atoms with Crippen LogP contribution in [0.5, 0.6) is 5.75 Å². The molecule has 0 N–H and O–H groups in total. The van der Waals surface area contributed by atoms with Crippen LogP contribution in [-0.2, 0) is 6.67 Å². The second-order valence-corrected chi connectivity index (χ2v) is 8.12. The fraction of sp³-hybridized carbons (Fsp3) is 0.286. The van der Waals surface area contributed by atoms with Gasteiger partial charge in [0.2, 0.25) is 0 Å². The minimum absolute atomic E-state index is 0.818. The monoisotopic (exact) mass is 458 g/mol. The maximum absolute atomic E-state index is 5.70. The van der Waals surface area contributed by atoms with Crippen LogP contribution in [0, 0.1) is 4.77 Å². The SMILES string of the molecule is COc1ccc(N2CCN(Cn3ccn(-c4ccc(Br)cc4)c3=S)CC2)cc1. The van der Waals surface area contributed by atoms with Crippen LogP contribution in [-0.4, -0.2) is 47.3 Å². The highest BCUT2D eigenvalue weighted by Crippen LogP contribution is 2.21. The molecule has 0 saturated carbocycles. The predicted molar refractivity (Wildman–Crippen MR) is 119 cm³/mol. The molecule has 3 aromatic rings. The van der Waals surface area contributed by atoms with E-state index in [9.17, 15) is 0 Å². The molecule has 0 amide bonds.